The molecule has 0 fully saturated rings. The Morgan fingerprint density at radius 3 is 3.29 bits per heavy atom. The van der Waals surface area contributed by atoms with Gasteiger partial charge in [0, 0.05) is 30.2 Å². The molecule has 1 aliphatic rings. The van der Waals surface area contributed by atoms with E-state index in [4.69, 9.17) is 4.74 Å². The summed E-state index contributed by atoms with van der Waals surface area (Å²) in [7, 11) is 0. The molecule has 0 saturated heterocycles. The van der Waals surface area contributed by atoms with Crippen molar-refractivity contribution in [2.75, 3.05) is 6.54 Å². The maximum Gasteiger partial charge on any atom is 0.125 e. The first kappa shape index (κ1) is 10.5. The Balaban J connectivity index is 2.09. The summed E-state index contributed by atoms with van der Waals surface area (Å²) in [5.41, 5.74) is 2.23. The molecule has 2 heterocycles. The summed E-state index contributed by atoms with van der Waals surface area (Å²) in [6, 6.07) is 8.26. The van der Waals surface area contributed by atoms with Gasteiger partial charge >= 0.3 is 0 Å². The van der Waals surface area contributed by atoms with Crippen LogP contribution in [0.25, 0.3) is 10.9 Å². The van der Waals surface area contributed by atoms with Gasteiger partial charge in [0.1, 0.15) is 11.9 Å². The van der Waals surface area contributed by atoms with E-state index in [1.54, 1.807) is 0 Å². The zero-order chi connectivity index (χ0) is 11.7. The topological polar surface area (TPSA) is 34.2 Å². The summed E-state index contributed by atoms with van der Waals surface area (Å²) in [6.07, 6.45) is 3.12. The van der Waals surface area contributed by atoms with Crippen LogP contribution in [0.2, 0.25) is 0 Å². The van der Waals surface area contributed by atoms with Crippen LogP contribution in [-0.2, 0) is 6.54 Å². The number of ether oxygens (including phenoxy) is 1. The monoisotopic (exact) mass is 228 g/mol. The average molecular weight is 228 g/mol. The highest BCUT2D eigenvalue weighted by atomic mass is 16.5. The zero-order valence-corrected chi connectivity index (χ0v) is 9.94. The van der Waals surface area contributed by atoms with Gasteiger partial charge in [0.25, 0.3) is 0 Å². The fraction of sp³-hybridized carbons (Fsp3) is 0.357. The summed E-state index contributed by atoms with van der Waals surface area (Å²) in [4.78, 5) is 4.38. The van der Waals surface area contributed by atoms with Crippen molar-refractivity contribution < 1.29 is 4.74 Å². The summed E-state index contributed by atoms with van der Waals surface area (Å²) in [6.45, 7) is 3.92. The van der Waals surface area contributed by atoms with Crippen molar-refractivity contribution >= 4 is 10.9 Å². The molecular formula is C14H16N2O. The van der Waals surface area contributed by atoms with E-state index in [0.717, 1.165) is 36.2 Å². The van der Waals surface area contributed by atoms with Crippen LogP contribution < -0.4 is 10.1 Å². The maximum absolute atomic E-state index is 6.02. The highest BCUT2D eigenvalue weighted by Gasteiger charge is 2.16. The van der Waals surface area contributed by atoms with Crippen LogP contribution in [0.3, 0.4) is 0 Å². The highest BCUT2D eigenvalue weighted by Crippen LogP contribution is 2.27. The van der Waals surface area contributed by atoms with Gasteiger partial charge in [0.2, 0.25) is 0 Å². The van der Waals surface area contributed by atoms with Crippen LogP contribution >= 0.6 is 0 Å². The van der Waals surface area contributed by atoms with Crippen LogP contribution in [0.5, 0.6) is 5.75 Å². The van der Waals surface area contributed by atoms with E-state index in [1.165, 1.54) is 5.56 Å². The third-order valence-corrected chi connectivity index (χ3v) is 3.22. The van der Waals surface area contributed by atoms with Gasteiger partial charge in [-0.1, -0.05) is 13.0 Å². The number of pyridine rings is 1. The van der Waals surface area contributed by atoms with Gasteiger partial charge in [0.15, 0.2) is 0 Å². The van der Waals surface area contributed by atoms with Gasteiger partial charge in [0.05, 0.1) is 5.52 Å². The minimum atomic E-state index is 0.269. The van der Waals surface area contributed by atoms with Crippen molar-refractivity contribution in [3.05, 3.63) is 36.0 Å². The lowest BCUT2D eigenvalue weighted by Crippen LogP contribution is -2.27. The Labute approximate surface area is 101 Å². The summed E-state index contributed by atoms with van der Waals surface area (Å²) >= 11 is 0. The lowest BCUT2D eigenvalue weighted by molar-refractivity contribution is 0.202. The molecule has 3 heteroatoms. The van der Waals surface area contributed by atoms with Crippen molar-refractivity contribution in [2.24, 2.45) is 0 Å². The predicted octanol–water partition coefficient (Wildman–Crippen LogP) is 2.50. The van der Waals surface area contributed by atoms with Crippen molar-refractivity contribution in [2.45, 2.75) is 26.0 Å². The molecule has 0 radical (unpaired) electrons. The molecule has 0 saturated carbocycles. The summed E-state index contributed by atoms with van der Waals surface area (Å²) in [5, 5.41) is 4.56. The molecule has 1 N–H and O–H groups in total. The van der Waals surface area contributed by atoms with E-state index in [0.29, 0.717) is 0 Å². The Hall–Kier alpha value is -1.61. The van der Waals surface area contributed by atoms with Crippen molar-refractivity contribution in [1.82, 2.24) is 10.3 Å². The number of hydrogen-bond donors (Lipinski definition) is 1. The third-order valence-electron chi connectivity index (χ3n) is 3.22. The van der Waals surface area contributed by atoms with Crippen molar-refractivity contribution in [1.29, 1.82) is 0 Å². The van der Waals surface area contributed by atoms with Gasteiger partial charge in [-0.05, 0) is 24.6 Å². The summed E-state index contributed by atoms with van der Waals surface area (Å²) in [5.74, 6) is 1.00. The molecule has 1 aliphatic heterocycles. The molecule has 3 nitrogen and oxygen atoms in total. The van der Waals surface area contributed by atoms with E-state index < -0.39 is 0 Å². The number of fused-ring (bicyclic) bond motifs is 2. The SMILES string of the molecule is CCC1CNCc2cc3ncccc3cc2O1. The van der Waals surface area contributed by atoms with Crippen molar-refractivity contribution in [3.8, 4) is 5.75 Å². The van der Waals surface area contributed by atoms with Gasteiger partial charge in [-0.3, -0.25) is 4.98 Å². The number of aromatic nitrogens is 1. The van der Waals surface area contributed by atoms with Gasteiger partial charge in [-0.25, -0.2) is 0 Å². The van der Waals surface area contributed by atoms with Crippen LogP contribution in [0.15, 0.2) is 30.5 Å². The second kappa shape index (κ2) is 4.34. The minimum absolute atomic E-state index is 0.269. The van der Waals surface area contributed by atoms with E-state index in [2.05, 4.69) is 35.4 Å². The quantitative estimate of drug-likeness (QED) is 0.814. The third kappa shape index (κ3) is 1.98. The van der Waals surface area contributed by atoms with E-state index >= 15 is 0 Å². The molecule has 1 aromatic heterocycles. The first-order valence-corrected chi connectivity index (χ1v) is 6.12. The fourth-order valence-electron chi connectivity index (χ4n) is 2.21. The second-order valence-corrected chi connectivity index (χ2v) is 4.44. The molecule has 0 spiro atoms. The van der Waals surface area contributed by atoms with Gasteiger partial charge in [-0.2, -0.15) is 0 Å². The Kier molecular flexibility index (Phi) is 2.69. The Morgan fingerprint density at radius 1 is 1.47 bits per heavy atom. The lowest BCUT2D eigenvalue weighted by atomic mass is 10.1. The van der Waals surface area contributed by atoms with Crippen LogP contribution in [0.4, 0.5) is 0 Å². The predicted molar refractivity (Wildman–Crippen MR) is 68.2 cm³/mol. The van der Waals surface area contributed by atoms with Gasteiger partial charge < -0.3 is 10.1 Å². The second-order valence-electron chi connectivity index (χ2n) is 4.44. The maximum atomic E-state index is 6.02. The van der Waals surface area contributed by atoms with Crippen LogP contribution in [0, 0.1) is 0 Å². The van der Waals surface area contributed by atoms with E-state index in [-0.39, 0.29) is 6.10 Å². The highest BCUT2D eigenvalue weighted by molar-refractivity contribution is 5.81. The fourth-order valence-corrected chi connectivity index (χ4v) is 2.21. The van der Waals surface area contributed by atoms with Crippen molar-refractivity contribution in [3.63, 3.8) is 0 Å². The zero-order valence-electron chi connectivity index (χ0n) is 9.94. The molecule has 88 valence electrons. The average Bonchev–Trinajstić information content (AvgIpc) is 2.57. The molecule has 0 bridgehead atoms. The van der Waals surface area contributed by atoms with Crippen LogP contribution in [-0.4, -0.2) is 17.6 Å². The number of benzene rings is 1. The normalized spacial score (nSPS) is 19.5. The molecular weight excluding hydrogens is 212 g/mol. The molecule has 17 heavy (non-hydrogen) atoms. The summed E-state index contributed by atoms with van der Waals surface area (Å²) < 4.78 is 6.02. The Bertz CT molecular complexity index is 539. The molecule has 1 unspecified atom stereocenters. The Morgan fingerprint density at radius 2 is 2.41 bits per heavy atom. The van der Waals surface area contributed by atoms with E-state index in [9.17, 15) is 0 Å². The van der Waals surface area contributed by atoms with E-state index in [1.807, 2.05) is 12.3 Å². The smallest absolute Gasteiger partial charge is 0.125 e. The number of hydrogen-bond acceptors (Lipinski definition) is 3. The first-order chi connectivity index (χ1) is 8.36. The number of nitrogens with zero attached hydrogens (tertiary/aromatic N) is 1. The first-order valence-electron chi connectivity index (χ1n) is 6.12. The number of rotatable bonds is 1. The number of nitrogens with one attached hydrogen (secondary N) is 1. The lowest BCUT2D eigenvalue weighted by Gasteiger charge is -2.15. The molecule has 1 aromatic carbocycles. The van der Waals surface area contributed by atoms with Crippen LogP contribution in [0.1, 0.15) is 18.9 Å². The largest absolute Gasteiger partial charge is 0.489 e. The molecule has 0 amide bonds. The standard InChI is InChI=1S/C14H16N2O/c1-2-12-9-15-8-11-6-13-10(4-3-5-16-13)7-14(11)17-12/h3-7,12,15H,2,8-9H2,1H3. The minimum Gasteiger partial charge on any atom is -0.489 e. The van der Waals surface area contributed by atoms with Gasteiger partial charge in [-0.15, -0.1) is 0 Å². The molecule has 2 aromatic rings. The molecule has 0 aliphatic carbocycles. The molecule has 3 rings (SSSR count). The molecule has 1 atom stereocenters.